The molecule has 4 heterocycles. The summed E-state index contributed by atoms with van der Waals surface area (Å²) in [5, 5.41) is 3.46. The third kappa shape index (κ3) is 3.80. The minimum atomic E-state index is -0.446. The van der Waals surface area contributed by atoms with Crippen molar-refractivity contribution in [2.75, 3.05) is 43.1 Å². The number of aromatic nitrogens is 2. The van der Waals surface area contributed by atoms with Crippen molar-refractivity contribution in [3.05, 3.63) is 54.0 Å². The van der Waals surface area contributed by atoms with E-state index in [-0.39, 0.29) is 18.0 Å². The lowest BCUT2D eigenvalue weighted by Crippen LogP contribution is -2.59. The van der Waals surface area contributed by atoms with Gasteiger partial charge in [0.25, 0.3) is 0 Å². The smallest absolute Gasteiger partial charge is 0.414 e. The second-order valence-corrected chi connectivity index (χ2v) is 8.11. The molecule has 1 unspecified atom stereocenters. The second kappa shape index (κ2) is 8.23. The summed E-state index contributed by atoms with van der Waals surface area (Å²) < 4.78 is 24.6. The molecule has 0 saturated carbocycles. The fourth-order valence-corrected chi connectivity index (χ4v) is 4.05. The van der Waals surface area contributed by atoms with E-state index in [1.165, 1.54) is 11.0 Å². The highest BCUT2D eigenvalue weighted by Crippen LogP contribution is 2.29. The number of nitrogens with one attached hydrogen (secondary N) is 1. The van der Waals surface area contributed by atoms with Crippen molar-refractivity contribution in [1.82, 2.24) is 15.3 Å². The van der Waals surface area contributed by atoms with Crippen LogP contribution in [0.3, 0.4) is 0 Å². The molecule has 1 N–H and O–H groups in total. The van der Waals surface area contributed by atoms with E-state index in [0.717, 1.165) is 29.8 Å². The number of carbonyl (C=O) groups is 1. The lowest BCUT2D eigenvalue weighted by Gasteiger charge is -2.41. The van der Waals surface area contributed by atoms with Gasteiger partial charge in [-0.3, -0.25) is 9.88 Å². The first-order valence-corrected chi connectivity index (χ1v) is 10.5. The lowest BCUT2D eigenvalue weighted by atomic mass is 10.1. The van der Waals surface area contributed by atoms with Crippen LogP contribution in [0.2, 0.25) is 0 Å². The van der Waals surface area contributed by atoms with E-state index in [9.17, 15) is 9.18 Å². The zero-order valence-corrected chi connectivity index (χ0v) is 17.9. The van der Waals surface area contributed by atoms with Gasteiger partial charge in [-0.2, -0.15) is 0 Å². The number of ether oxygens (including phenoxy) is 2. The molecule has 3 aromatic rings. The van der Waals surface area contributed by atoms with Gasteiger partial charge in [0.05, 0.1) is 30.5 Å². The molecular formula is C23H24FN5O3. The van der Waals surface area contributed by atoms with Crippen LogP contribution in [0.15, 0.2) is 42.6 Å². The predicted octanol–water partition coefficient (Wildman–Crippen LogP) is 2.89. The van der Waals surface area contributed by atoms with Gasteiger partial charge in [0.1, 0.15) is 17.4 Å². The minimum Gasteiger partial charge on any atom is -0.481 e. The molecule has 1 amide bonds. The molecule has 2 aliphatic heterocycles. The molecule has 0 radical (unpaired) electrons. The molecule has 0 spiro atoms. The average molecular weight is 437 g/mol. The molecule has 2 aliphatic rings. The first kappa shape index (κ1) is 20.4. The number of nitrogens with zero attached hydrogens (tertiary/aromatic N) is 4. The maximum atomic E-state index is 13.9. The number of halogens is 1. The molecule has 2 saturated heterocycles. The first-order chi connectivity index (χ1) is 15.5. The van der Waals surface area contributed by atoms with Crippen molar-refractivity contribution in [2.45, 2.75) is 19.1 Å². The molecule has 2 fully saturated rings. The van der Waals surface area contributed by atoms with Crippen LogP contribution < -0.4 is 19.9 Å². The van der Waals surface area contributed by atoms with Crippen molar-refractivity contribution in [2.24, 2.45) is 0 Å². The van der Waals surface area contributed by atoms with Gasteiger partial charge in [-0.1, -0.05) is 6.07 Å². The van der Waals surface area contributed by atoms with Gasteiger partial charge < -0.3 is 19.7 Å². The number of pyridine rings is 2. The number of hydrogen-bond acceptors (Lipinski definition) is 7. The van der Waals surface area contributed by atoms with E-state index in [0.29, 0.717) is 30.2 Å². The fraction of sp³-hybridized carbons (Fsp3) is 0.348. The van der Waals surface area contributed by atoms with Crippen molar-refractivity contribution >= 4 is 28.5 Å². The normalized spacial score (nSPS) is 18.7. The summed E-state index contributed by atoms with van der Waals surface area (Å²) in [5.74, 6) is 0.227. The molecule has 1 atom stereocenters. The van der Waals surface area contributed by atoms with Crippen molar-refractivity contribution in [3.8, 4) is 5.88 Å². The van der Waals surface area contributed by atoms with Crippen molar-refractivity contribution < 1.29 is 18.7 Å². The van der Waals surface area contributed by atoms with E-state index in [4.69, 9.17) is 9.47 Å². The topological polar surface area (TPSA) is 79.8 Å². The zero-order valence-electron chi connectivity index (χ0n) is 17.9. The summed E-state index contributed by atoms with van der Waals surface area (Å²) in [5.41, 5.74) is 3.72. The van der Waals surface area contributed by atoms with Gasteiger partial charge >= 0.3 is 6.09 Å². The van der Waals surface area contributed by atoms with Gasteiger partial charge in [-0.25, -0.2) is 14.2 Å². The number of hydrogen-bond donors (Lipinski definition) is 1. The molecule has 166 valence electrons. The highest BCUT2D eigenvalue weighted by molar-refractivity contribution is 5.90. The summed E-state index contributed by atoms with van der Waals surface area (Å²) in [4.78, 5) is 24.9. The summed E-state index contributed by atoms with van der Waals surface area (Å²) in [6.45, 7) is 4.25. The molecule has 5 rings (SSSR count). The highest BCUT2D eigenvalue weighted by Gasteiger charge is 2.34. The fourth-order valence-electron chi connectivity index (χ4n) is 4.05. The van der Waals surface area contributed by atoms with Crippen LogP contribution in [-0.2, 0) is 4.74 Å². The Morgan fingerprint density at radius 1 is 1.22 bits per heavy atom. The first-order valence-electron chi connectivity index (χ1n) is 10.5. The standard InChI is InChI=1S/C23H24FN5O3/c1-14-3-4-16(9-18(14)24)29-13-17(32-23(29)30)10-26-15-11-28(12-15)20-7-8-25-19-5-6-21(31-2)27-22(19)20/h3-9,15,17,26H,10-13H2,1-2H3. The van der Waals surface area contributed by atoms with Crippen molar-refractivity contribution in [1.29, 1.82) is 0 Å². The van der Waals surface area contributed by atoms with E-state index < -0.39 is 6.09 Å². The van der Waals surface area contributed by atoms with Crippen LogP contribution >= 0.6 is 0 Å². The predicted molar refractivity (Wildman–Crippen MR) is 119 cm³/mol. The average Bonchev–Trinajstić information content (AvgIpc) is 3.14. The summed E-state index contributed by atoms with van der Waals surface area (Å²) in [6.07, 6.45) is 1.06. The monoisotopic (exact) mass is 437 g/mol. The van der Waals surface area contributed by atoms with E-state index >= 15 is 0 Å². The number of amides is 1. The van der Waals surface area contributed by atoms with Gasteiger partial charge in [0, 0.05) is 37.9 Å². The Kier molecular flexibility index (Phi) is 5.26. The van der Waals surface area contributed by atoms with Gasteiger partial charge in [0.2, 0.25) is 5.88 Å². The molecule has 0 bridgehead atoms. The van der Waals surface area contributed by atoms with E-state index in [2.05, 4.69) is 20.2 Å². The Hall–Kier alpha value is -3.46. The maximum absolute atomic E-state index is 13.9. The molecule has 0 aliphatic carbocycles. The SMILES string of the molecule is COc1ccc2nccc(N3CC(NCC4CN(c5ccc(C)c(F)c5)C(=O)O4)C3)c2n1. The number of anilines is 2. The number of rotatable bonds is 6. The van der Waals surface area contributed by atoms with Crippen LogP contribution in [0, 0.1) is 12.7 Å². The summed E-state index contributed by atoms with van der Waals surface area (Å²) in [7, 11) is 1.60. The minimum absolute atomic E-state index is 0.272. The molecule has 2 aromatic heterocycles. The van der Waals surface area contributed by atoms with Gasteiger partial charge in [-0.05, 0) is 36.8 Å². The van der Waals surface area contributed by atoms with E-state index in [1.54, 1.807) is 38.4 Å². The third-order valence-corrected chi connectivity index (χ3v) is 5.94. The van der Waals surface area contributed by atoms with Gasteiger partial charge in [0.15, 0.2) is 0 Å². The van der Waals surface area contributed by atoms with Crippen LogP contribution in [0.25, 0.3) is 11.0 Å². The Morgan fingerprint density at radius 3 is 2.84 bits per heavy atom. The third-order valence-electron chi connectivity index (χ3n) is 5.94. The Balaban J connectivity index is 1.17. The second-order valence-electron chi connectivity index (χ2n) is 8.11. The number of benzene rings is 1. The zero-order chi connectivity index (χ0) is 22.2. The number of cyclic esters (lactones) is 1. The van der Waals surface area contributed by atoms with E-state index in [1.807, 2.05) is 12.1 Å². The Bertz CT molecular complexity index is 1170. The molecule has 9 heteroatoms. The van der Waals surface area contributed by atoms with Gasteiger partial charge in [-0.15, -0.1) is 0 Å². The summed E-state index contributed by atoms with van der Waals surface area (Å²) in [6, 6.07) is 10.7. The Morgan fingerprint density at radius 2 is 2.06 bits per heavy atom. The van der Waals surface area contributed by atoms with Crippen LogP contribution in [0.5, 0.6) is 5.88 Å². The Labute approximate surface area is 185 Å². The number of carbonyl (C=O) groups excluding carboxylic acids is 1. The molecule has 8 nitrogen and oxygen atoms in total. The van der Waals surface area contributed by atoms with Crippen LogP contribution in [0.4, 0.5) is 20.6 Å². The van der Waals surface area contributed by atoms with Crippen LogP contribution in [-0.4, -0.2) is 61.5 Å². The molecular weight excluding hydrogens is 413 g/mol. The largest absolute Gasteiger partial charge is 0.481 e. The van der Waals surface area contributed by atoms with Crippen molar-refractivity contribution in [3.63, 3.8) is 0 Å². The molecule has 32 heavy (non-hydrogen) atoms. The lowest BCUT2D eigenvalue weighted by molar-refractivity contribution is 0.137. The maximum Gasteiger partial charge on any atom is 0.414 e. The number of aryl methyl sites for hydroxylation is 1. The number of fused-ring (bicyclic) bond motifs is 1. The highest BCUT2D eigenvalue weighted by atomic mass is 19.1. The summed E-state index contributed by atoms with van der Waals surface area (Å²) >= 11 is 0. The van der Waals surface area contributed by atoms with Crippen LogP contribution in [0.1, 0.15) is 5.56 Å². The quantitative estimate of drug-likeness (QED) is 0.635. The molecule has 1 aromatic carbocycles. The number of methoxy groups -OCH3 is 1.